The summed E-state index contributed by atoms with van der Waals surface area (Å²) < 4.78 is 10.7. The van der Waals surface area contributed by atoms with Crippen LogP contribution in [0.3, 0.4) is 0 Å². The molecule has 0 saturated heterocycles. The zero-order chi connectivity index (χ0) is 13.8. The number of nitrogens with zero attached hydrogens (tertiary/aromatic N) is 4. The molecule has 2 heterocycles. The average Bonchev–Trinajstić information content (AvgIpc) is 2.73. The quantitative estimate of drug-likeness (QED) is 0.892. The fourth-order valence-electron chi connectivity index (χ4n) is 1.22. The molecule has 0 atom stereocenters. The van der Waals surface area contributed by atoms with Crippen molar-refractivity contribution in [3.05, 3.63) is 12.0 Å². The third kappa shape index (κ3) is 3.82. The molecule has 0 aliphatic heterocycles. The molecule has 102 valence electrons. The number of nitrogens with one attached hydrogen (secondary N) is 1. The van der Waals surface area contributed by atoms with Crippen LogP contribution in [0.5, 0.6) is 6.01 Å². The highest BCUT2D eigenvalue weighted by molar-refractivity contribution is 7.98. The first-order chi connectivity index (χ1) is 9.06. The van der Waals surface area contributed by atoms with Gasteiger partial charge in [0, 0.05) is 18.8 Å². The molecular formula is C11H15N5O2S. The molecule has 2 rings (SSSR count). The number of aromatic nitrogens is 4. The Bertz CT molecular complexity index is 558. The molecule has 2 aromatic heterocycles. The van der Waals surface area contributed by atoms with Gasteiger partial charge in [-0.15, -0.1) is 0 Å². The maximum atomic E-state index is 5.47. The predicted molar refractivity (Wildman–Crippen MR) is 70.5 cm³/mol. The van der Waals surface area contributed by atoms with Gasteiger partial charge in [0.2, 0.25) is 11.1 Å². The lowest BCUT2D eigenvalue weighted by molar-refractivity contribution is 0.219. The molecule has 0 saturated carbocycles. The van der Waals surface area contributed by atoms with Gasteiger partial charge in [0.25, 0.3) is 5.22 Å². The molecule has 0 bridgehead atoms. The molecule has 0 fully saturated rings. The van der Waals surface area contributed by atoms with Crippen molar-refractivity contribution in [3.8, 4) is 6.01 Å². The van der Waals surface area contributed by atoms with E-state index in [-0.39, 0.29) is 12.1 Å². The van der Waals surface area contributed by atoms with Crippen LogP contribution in [-0.2, 0) is 0 Å². The van der Waals surface area contributed by atoms with Crippen LogP contribution in [0.25, 0.3) is 0 Å². The normalized spacial score (nSPS) is 10.8. The highest BCUT2D eigenvalue weighted by atomic mass is 32.2. The van der Waals surface area contributed by atoms with E-state index >= 15 is 0 Å². The second-order valence-corrected chi connectivity index (χ2v) is 4.92. The van der Waals surface area contributed by atoms with Crippen molar-refractivity contribution in [3.63, 3.8) is 0 Å². The zero-order valence-electron chi connectivity index (χ0n) is 11.2. The summed E-state index contributed by atoms with van der Waals surface area (Å²) in [5.74, 6) is 0.441. The van der Waals surface area contributed by atoms with Gasteiger partial charge in [-0.2, -0.15) is 15.0 Å². The maximum absolute atomic E-state index is 5.47. The van der Waals surface area contributed by atoms with Crippen molar-refractivity contribution in [2.24, 2.45) is 0 Å². The van der Waals surface area contributed by atoms with Crippen molar-refractivity contribution >= 4 is 17.7 Å². The van der Waals surface area contributed by atoms with E-state index in [0.29, 0.717) is 16.3 Å². The number of rotatable bonds is 5. The predicted octanol–water partition coefficient (Wildman–Crippen LogP) is 2.15. The Morgan fingerprint density at radius 3 is 2.63 bits per heavy atom. The Labute approximate surface area is 115 Å². The fourth-order valence-corrected chi connectivity index (χ4v) is 1.91. The molecule has 0 aliphatic carbocycles. The monoisotopic (exact) mass is 281 g/mol. The van der Waals surface area contributed by atoms with E-state index in [0.717, 1.165) is 5.69 Å². The van der Waals surface area contributed by atoms with Crippen molar-refractivity contribution in [2.75, 3.05) is 12.4 Å². The first kappa shape index (κ1) is 13.6. The molecule has 0 unspecified atom stereocenters. The standard InChI is InChI=1S/C11H15N5O2S/c1-6(2)18-9-14-8(12-4)15-10(16-9)19-11-13-7(3)5-17-11/h5-6H,1-4H3,(H,12,14,15,16). The first-order valence-electron chi connectivity index (χ1n) is 5.77. The second kappa shape index (κ2) is 5.87. The molecular weight excluding hydrogens is 266 g/mol. The van der Waals surface area contributed by atoms with Gasteiger partial charge in [-0.3, -0.25) is 0 Å². The summed E-state index contributed by atoms with van der Waals surface area (Å²) in [6, 6.07) is 0.278. The minimum Gasteiger partial charge on any atom is -0.461 e. The van der Waals surface area contributed by atoms with Crippen LogP contribution in [0.1, 0.15) is 19.5 Å². The Kier molecular flexibility index (Phi) is 4.20. The summed E-state index contributed by atoms with van der Waals surface area (Å²) in [7, 11) is 1.73. The van der Waals surface area contributed by atoms with Gasteiger partial charge in [0.15, 0.2) is 0 Å². The Balaban J connectivity index is 2.23. The topological polar surface area (TPSA) is 86.0 Å². The summed E-state index contributed by atoms with van der Waals surface area (Å²) in [5, 5.41) is 3.82. The van der Waals surface area contributed by atoms with Crippen LogP contribution in [0.4, 0.5) is 5.95 Å². The summed E-state index contributed by atoms with van der Waals surface area (Å²) >= 11 is 1.22. The van der Waals surface area contributed by atoms with Crippen LogP contribution in [0.15, 0.2) is 21.1 Å². The van der Waals surface area contributed by atoms with Gasteiger partial charge in [-0.1, -0.05) is 0 Å². The van der Waals surface area contributed by atoms with Gasteiger partial charge in [-0.05, 0) is 20.8 Å². The maximum Gasteiger partial charge on any atom is 0.322 e. The molecule has 8 heteroatoms. The largest absolute Gasteiger partial charge is 0.461 e. The second-order valence-electron chi connectivity index (χ2n) is 4.00. The van der Waals surface area contributed by atoms with E-state index in [9.17, 15) is 0 Å². The summed E-state index contributed by atoms with van der Waals surface area (Å²) in [6.07, 6.45) is 1.57. The molecule has 0 radical (unpaired) electrons. The van der Waals surface area contributed by atoms with E-state index in [4.69, 9.17) is 9.15 Å². The van der Waals surface area contributed by atoms with Crippen LogP contribution in [0.2, 0.25) is 0 Å². The van der Waals surface area contributed by atoms with Crippen molar-refractivity contribution in [2.45, 2.75) is 37.3 Å². The first-order valence-corrected chi connectivity index (χ1v) is 6.59. The van der Waals surface area contributed by atoms with Gasteiger partial charge >= 0.3 is 6.01 Å². The molecule has 2 aromatic rings. The van der Waals surface area contributed by atoms with E-state index in [2.05, 4.69) is 25.3 Å². The molecule has 7 nitrogen and oxygen atoms in total. The SMILES string of the molecule is CNc1nc(OC(C)C)nc(Sc2nc(C)co2)n1. The third-order valence-electron chi connectivity index (χ3n) is 1.94. The van der Waals surface area contributed by atoms with Gasteiger partial charge in [0.05, 0.1) is 11.8 Å². The number of hydrogen-bond acceptors (Lipinski definition) is 8. The van der Waals surface area contributed by atoms with Crippen molar-refractivity contribution in [1.29, 1.82) is 0 Å². The number of oxazole rings is 1. The van der Waals surface area contributed by atoms with E-state index in [1.54, 1.807) is 13.3 Å². The van der Waals surface area contributed by atoms with E-state index < -0.39 is 0 Å². The smallest absolute Gasteiger partial charge is 0.322 e. The molecule has 1 N–H and O–H groups in total. The lowest BCUT2D eigenvalue weighted by Gasteiger charge is -2.09. The number of anilines is 1. The molecule has 0 aliphatic rings. The van der Waals surface area contributed by atoms with Crippen LogP contribution < -0.4 is 10.1 Å². The van der Waals surface area contributed by atoms with Gasteiger partial charge in [0.1, 0.15) is 6.26 Å². The lowest BCUT2D eigenvalue weighted by atomic mass is 10.5. The van der Waals surface area contributed by atoms with E-state index in [1.807, 2.05) is 20.8 Å². The minimum absolute atomic E-state index is 0.00561. The molecule has 0 amide bonds. The zero-order valence-corrected chi connectivity index (χ0v) is 12.0. The lowest BCUT2D eigenvalue weighted by Crippen LogP contribution is -2.10. The average molecular weight is 281 g/mol. The van der Waals surface area contributed by atoms with Crippen molar-refractivity contribution in [1.82, 2.24) is 19.9 Å². The molecule has 0 aromatic carbocycles. The number of ether oxygens (including phenoxy) is 1. The fraction of sp³-hybridized carbons (Fsp3) is 0.455. The highest BCUT2D eigenvalue weighted by Crippen LogP contribution is 2.25. The summed E-state index contributed by atoms with van der Waals surface area (Å²) in [4.78, 5) is 16.7. The third-order valence-corrected chi connectivity index (χ3v) is 2.66. The molecule has 0 spiro atoms. The highest BCUT2D eigenvalue weighted by Gasteiger charge is 2.12. The molecule has 19 heavy (non-hydrogen) atoms. The van der Waals surface area contributed by atoms with Crippen LogP contribution >= 0.6 is 11.8 Å². The van der Waals surface area contributed by atoms with Crippen molar-refractivity contribution < 1.29 is 9.15 Å². The number of aryl methyl sites for hydroxylation is 1. The summed E-state index contributed by atoms with van der Waals surface area (Å²) in [6.45, 7) is 5.67. The van der Waals surface area contributed by atoms with Crippen LogP contribution in [0, 0.1) is 6.92 Å². The van der Waals surface area contributed by atoms with Gasteiger partial charge in [-0.25, -0.2) is 4.98 Å². The summed E-state index contributed by atoms with van der Waals surface area (Å²) in [5.41, 5.74) is 0.809. The Hall–Kier alpha value is -1.83. The minimum atomic E-state index is -0.00561. The van der Waals surface area contributed by atoms with Crippen LogP contribution in [-0.4, -0.2) is 33.1 Å². The Morgan fingerprint density at radius 1 is 1.26 bits per heavy atom. The van der Waals surface area contributed by atoms with Gasteiger partial charge < -0.3 is 14.5 Å². The van der Waals surface area contributed by atoms with E-state index in [1.165, 1.54) is 11.8 Å². The number of hydrogen-bond donors (Lipinski definition) is 1. The Morgan fingerprint density at radius 2 is 2.05 bits per heavy atom.